The molecule has 4 saturated carbocycles. The Labute approximate surface area is 227 Å². The number of fused-ring (bicyclic) bond motifs is 5. The van der Waals surface area contributed by atoms with Crippen molar-refractivity contribution in [2.45, 2.75) is 103 Å². The van der Waals surface area contributed by atoms with E-state index < -0.39 is 5.60 Å². The summed E-state index contributed by atoms with van der Waals surface area (Å²) in [5.41, 5.74) is 0.00791. The highest BCUT2D eigenvalue weighted by molar-refractivity contribution is 5.67. The first kappa shape index (κ1) is 27.7. The van der Waals surface area contributed by atoms with Crippen molar-refractivity contribution in [1.29, 1.82) is 0 Å². The molecule has 0 unspecified atom stereocenters. The van der Waals surface area contributed by atoms with E-state index in [0.29, 0.717) is 24.3 Å². The number of ether oxygens (including phenoxy) is 1. The molecular formula is C31H48N2O5. The molecule has 4 aliphatic carbocycles. The number of alkyl carbamates (subject to hydrolysis) is 1. The molecule has 0 aromatic carbocycles. The Morgan fingerprint density at radius 1 is 1.08 bits per heavy atom. The van der Waals surface area contributed by atoms with Crippen molar-refractivity contribution in [1.82, 2.24) is 10.2 Å². The van der Waals surface area contributed by atoms with E-state index in [9.17, 15) is 14.7 Å². The smallest absolute Gasteiger partial charge is 0.407 e. The maximum absolute atomic E-state index is 12.5. The molecule has 1 heterocycles. The van der Waals surface area contributed by atoms with Gasteiger partial charge < -0.3 is 24.5 Å². The lowest BCUT2D eigenvalue weighted by molar-refractivity contribution is -0.205. The Balaban J connectivity index is 1.23. The molecule has 5 rings (SSSR count). The summed E-state index contributed by atoms with van der Waals surface area (Å²) in [6.45, 7) is 12.4. The first-order valence-corrected chi connectivity index (χ1v) is 15.1. The number of hydrogen-bond donors (Lipinski definition) is 2. The third kappa shape index (κ3) is 4.61. The van der Waals surface area contributed by atoms with Crippen LogP contribution < -0.4 is 10.9 Å². The van der Waals surface area contributed by atoms with Crippen LogP contribution >= 0.6 is 0 Å². The van der Waals surface area contributed by atoms with Crippen LogP contribution in [0.3, 0.4) is 0 Å². The normalized spacial score (nSPS) is 40.2. The summed E-state index contributed by atoms with van der Waals surface area (Å²) in [5.74, 6) is 1.53. The minimum Gasteiger partial charge on any atom is -0.446 e. The van der Waals surface area contributed by atoms with Gasteiger partial charge in [0.05, 0.1) is 11.9 Å². The number of carbonyl (C=O) groups excluding carboxylic acids is 1. The van der Waals surface area contributed by atoms with Crippen molar-refractivity contribution in [2.75, 3.05) is 26.2 Å². The molecule has 4 fully saturated rings. The van der Waals surface area contributed by atoms with Gasteiger partial charge in [-0.25, -0.2) is 9.59 Å². The first-order valence-electron chi connectivity index (χ1n) is 15.1. The zero-order valence-electron chi connectivity index (χ0n) is 23.8. The first-order chi connectivity index (χ1) is 18.1. The van der Waals surface area contributed by atoms with E-state index in [-0.39, 0.29) is 34.6 Å². The van der Waals surface area contributed by atoms with E-state index in [2.05, 4.69) is 37.9 Å². The third-order valence-electron chi connectivity index (χ3n) is 11.8. The van der Waals surface area contributed by atoms with Crippen molar-refractivity contribution in [2.24, 2.45) is 28.6 Å². The van der Waals surface area contributed by atoms with Gasteiger partial charge in [-0.1, -0.05) is 27.7 Å². The molecule has 0 bridgehead atoms. The lowest BCUT2D eigenvalue weighted by atomic mass is 9.43. The summed E-state index contributed by atoms with van der Waals surface area (Å²) in [7, 11) is 0. The number of nitrogens with zero attached hydrogens (tertiary/aromatic N) is 1. The van der Waals surface area contributed by atoms with Gasteiger partial charge in [-0.05, 0) is 112 Å². The van der Waals surface area contributed by atoms with Gasteiger partial charge in [0, 0.05) is 24.6 Å². The van der Waals surface area contributed by atoms with Crippen LogP contribution in [0.25, 0.3) is 0 Å². The van der Waals surface area contributed by atoms with E-state index in [1.54, 1.807) is 6.26 Å². The number of amides is 1. The number of hydrogen-bond acceptors (Lipinski definition) is 6. The zero-order valence-corrected chi connectivity index (χ0v) is 23.8. The number of nitrogens with one attached hydrogen (secondary N) is 1. The highest BCUT2D eigenvalue weighted by Gasteiger charge is 2.67. The maximum Gasteiger partial charge on any atom is 0.407 e. The molecular weight excluding hydrogens is 480 g/mol. The molecule has 38 heavy (non-hydrogen) atoms. The Morgan fingerprint density at radius 3 is 2.58 bits per heavy atom. The average molecular weight is 529 g/mol. The summed E-state index contributed by atoms with van der Waals surface area (Å²) >= 11 is 0. The average Bonchev–Trinajstić information content (AvgIpc) is 3.18. The second-order valence-electron chi connectivity index (χ2n) is 13.1. The van der Waals surface area contributed by atoms with E-state index in [1.165, 1.54) is 6.07 Å². The molecule has 1 amide bonds. The monoisotopic (exact) mass is 528 g/mol. The van der Waals surface area contributed by atoms with Crippen molar-refractivity contribution < 1.29 is 19.1 Å². The molecule has 0 aliphatic heterocycles. The molecule has 212 valence electrons. The van der Waals surface area contributed by atoms with Crippen LogP contribution in [-0.4, -0.2) is 54.0 Å². The molecule has 0 spiro atoms. The molecule has 2 N–H and O–H groups in total. The largest absolute Gasteiger partial charge is 0.446 e. The van der Waals surface area contributed by atoms with Crippen LogP contribution in [0.15, 0.2) is 27.6 Å². The number of likely N-dealkylation sites (N-methyl/N-ethyl adjacent to an activating group) is 1. The summed E-state index contributed by atoms with van der Waals surface area (Å²) in [6.07, 6.45) is 10.2. The summed E-state index contributed by atoms with van der Waals surface area (Å²) in [6, 6.07) is 3.42. The summed E-state index contributed by atoms with van der Waals surface area (Å²) in [4.78, 5) is 26.3. The van der Waals surface area contributed by atoms with Gasteiger partial charge in [0.1, 0.15) is 6.10 Å². The van der Waals surface area contributed by atoms with Crippen LogP contribution in [0.4, 0.5) is 4.79 Å². The van der Waals surface area contributed by atoms with Gasteiger partial charge in [0.25, 0.3) is 0 Å². The van der Waals surface area contributed by atoms with E-state index in [1.807, 2.05) is 6.07 Å². The highest BCUT2D eigenvalue weighted by atomic mass is 16.6. The molecule has 8 atom stereocenters. The molecule has 1 aromatic rings. The van der Waals surface area contributed by atoms with Crippen LogP contribution in [0.5, 0.6) is 0 Å². The van der Waals surface area contributed by atoms with Gasteiger partial charge in [-0.2, -0.15) is 0 Å². The topological polar surface area (TPSA) is 92.0 Å². The van der Waals surface area contributed by atoms with Crippen LogP contribution in [0, 0.1) is 28.6 Å². The van der Waals surface area contributed by atoms with Crippen LogP contribution in [0.1, 0.15) is 97.0 Å². The minimum atomic E-state index is -0.692. The molecule has 4 aliphatic rings. The number of aliphatic hydroxyl groups is 1. The van der Waals surface area contributed by atoms with Gasteiger partial charge in [-0.3, -0.25) is 0 Å². The van der Waals surface area contributed by atoms with E-state index in [0.717, 1.165) is 83.0 Å². The predicted molar refractivity (Wildman–Crippen MR) is 147 cm³/mol. The fraction of sp³-hybridized carbons (Fsp3) is 0.806. The highest BCUT2D eigenvalue weighted by Crippen LogP contribution is 2.70. The Kier molecular flexibility index (Phi) is 7.73. The summed E-state index contributed by atoms with van der Waals surface area (Å²) < 4.78 is 11.1. The van der Waals surface area contributed by atoms with Gasteiger partial charge >= 0.3 is 11.7 Å². The standard InChI is InChI=1S/C31H48N2O5/c1-5-33(6-2)18-17-32-28(35)38-23-11-14-29(3)22(19-23)8-9-26-25(29)12-15-30(4)24(13-16-31(26,30)36)21-7-10-27(34)37-20-21/h7,10,20,22-26,36H,5-6,8-9,11-19H2,1-4H3,(H,32,35)/t22-,23+,24-,25+,26-,29+,30-,31+/m1/s1. The molecule has 7 nitrogen and oxygen atoms in total. The van der Waals surface area contributed by atoms with Crippen molar-refractivity contribution >= 4 is 6.09 Å². The lowest BCUT2D eigenvalue weighted by Gasteiger charge is -2.63. The maximum atomic E-state index is 12.5. The molecule has 7 heteroatoms. The van der Waals surface area contributed by atoms with Crippen molar-refractivity contribution in [3.8, 4) is 0 Å². The molecule has 1 aromatic heterocycles. The second-order valence-corrected chi connectivity index (χ2v) is 13.1. The second kappa shape index (κ2) is 10.6. The third-order valence-corrected chi connectivity index (χ3v) is 11.8. The van der Waals surface area contributed by atoms with Gasteiger partial charge in [0.2, 0.25) is 0 Å². The number of rotatable bonds is 7. The van der Waals surface area contributed by atoms with Gasteiger partial charge in [0.15, 0.2) is 0 Å². The fourth-order valence-electron chi connectivity index (χ4n) is 9.44. The number of carbonyl (C=O) groups is 1. The Hall–Kier alpha value is -1.86. The zero-order chi connectivity index (χ0) is 27.1. The molecule has 0 saturated heterocycles. The summed E-state index contributed by atoms with van der Waals surface area (Å²) in [5, 5.41) is 15.4. The fourth-order valence-corrected chi connectivity index (χ4v) is 9.44. The van der Waals surface area contributed by atoms with Gasteiger partial charge in [-0.15, -0.1) is 0 Å². The molecule has 0 radical (unpaired) electrons. The Bertz CT molecular complexity index is 1030. The van der Waals surface area contributed by atoms with Crippen molar-refractivity contribution in [3.63, 3.8) is 0 Å². The predicted octanol–water partition coefficient (Wildman–Crippen LogP) is 5.32. The van der Waals surface area contributed by atoms with Crippen molar-refractivity contribution in [3.05, 3.63) is 34.4 Å². The lowest BCUT2D eigenvalue weighted by Crippen LogP contribution is -2.62. The quantitative estimate of drug-likeness (QED) is 0.498. The Morgan fingerprint density at radius 2 is 1.87 bits per heavy atom. The van der Waals surface area contributed by atoms with E-state index >= 15 is 0 Å². The minimum absolute atomic E-state index is 0.0152. The SMILES string of the molecule is CCN(CC)CCNC(=O)O[C@H]1CC[C@@]2(C)[C@H](CC[C@@H]3[C@@H]2CC[C@]2(C)[C@@H](c4ccc(=O)oc4)CC[C@]32O)C1. The van der Waals surface area contributed by atoms with Crippen LogP contribution in [0.2, 0.25) is 0 Å². The van der Waals surface area contributed by atoms with Crippen LogP contribution in [-0.2, 0) is 4.74 Å². The van der Waals surface area contributed by atoms with E-state index in [4.69, 9.17) is 9.15 Å².